The Hall–Kier alpha value is -2.43. The summed E-state index contributed by atoms with van der Waals surface area (Å²) in [5.74, 6) is 0.0851. The van der Waals surface area contributed by atoms with Gasteiger partial charge in [-0.2, -0.15) is 5.10 Å². The largest absolute Gasteiger partial charge is 0.351 e. The molecule has 2 aliphatic carbocycles. The van der Waals surface area contributed by atoms with Crippen molar-refractivity contribution in [2.24, 2.45) is 0 Å². The standard InChI is InChI=1S/C24H31N3O2/c1-18(17-27-22(28)16-19-10-6-7-13-21(19)26-27)25-23(29)24(14-8-3-9-15-24)20-11-4-2-5-12-20/h2,4-5,11-12,16,18H,3,6-10,13-15,17H2,1H3,(H,25,29)/t18-/m0/s1. The Morgan fingerprint density at radius 1 is 1.10 bits per heavy atom. The number of aryl methyl sites for hydroxylation is 2. The smallest absolute Gasteiger partial charge is 0.267 e. The van der Waals surface area contributed by atoms with Crippen LogP contribution in [0.4, 0.5) is 0 Å². The van der Waals surface area contributed by atoms with Crippen LogP contribution in [0.1, 0.15) is 68.7 Å². The van der Waals surface area contributed by atoms with E-state index in [4.69, 9.17) is 0 Å². The first-order valence-corrected chi connectivity index (χ1v) is 11.0. The molecule has 1 atom stereocenters. The summed E-state index contributed by atoms with van der Waals surface area (Å²) < 4.78 is 1.53. The van der Waals surface area contributed by atoms with Gasteiger partial charge in [-0.15, -0.1) is 0 Å². The van der Waals surface area contributed by atoms with Crippen LogP contribution in [0.5, 0.6) is 0 Å². The number of nitrogens with one attached hydrogen (secondary N) is 1. The SMILES string of the molecule is C[C@@H](Cn1nc2c(cc1=O)CCCC2)NC(=O)C1(c2ccccc2)CCCCC1. The van der Waals surface area contributed by atoms with Gasteiger partial charge in [0.1, 0.15) is 0 Å². The van der Waals surface area contributed by atoms with Crippen molar-refractivity contribution in [1.29, 1.82) is 0 Å². The summed E-state index contributed by atoms with van der Waals surface area (Å²) in [6.45, 7) is 2.37. The van der Waals surface area contributed by atoms with E-state index in [1.54, 1.807) is 6.07 Å². The molecule has 1 aromatic heterocycles. The van der Waals surface area contributed by atoms with Crippen LogP contribution in [0.2, 0.25) is 0 Å². The van der Waals surface area contributed by atoms with E-state index in [9.17, 15) is 9.59 Å². The fourth-order valence-electron chi connectivity index (χ4n) is 4.96. The molecule has 0 radical (unpaired) electrons. The quantitative estimate of drug-likeness (QED) is 0.845. The number of fused-ring (bicyclic) bond motifs is 1. The van der Waals surface area contributed by atoms with Gasteiger partial charge in [-0.05, 0) is 56.6 Å². The highest BCUT2D eigenvalue weighted by molar-refractivity contribution is 5.88. The van der Waals surface area contributed by atoms with Crippen molar-refractivity contribution < 1.29 is 4.79 Å². The van der Waals surface area contributed by atoms with Gasteiger partial charge in [-0.3, -0.25) is 9.59 Å². The van der Waals surface area contributed by atoms with Crippen LogP contribution >= 0.6 is 0 Å². The first-order chi connectivity index (χ1) is 14.1. The van der Waals surface area contributed by atoms with Crippen LogP contribution < -0.4 is 10.9 Å². The molecule has 2 aromatic rings. The number of rotatable bonds is 5. The van der Waals surface area contributed by atoms with E-state index in [2.05, 4.69) is 22.5 Å². The van der Waals surface area contributed by atoms with E-state index in [0.717, 1.165) is 68.2 Å². The van der Waals surface area contributed by atoms with Crippen molar-refractivity contribution in [1.82, 2.24) is 15.1 Å². The van der Waals surface area contributed by atoms with Crippen molar-refractivity contribution in [3.8, 4) is 0 Å². The predicted octanol–water partition coefficient (Wildman–Crippen LogP) is 3.53. The summed E-state index contributed by atoms with van der Waals surface area (Å²) in [4.78, 5) is 25.9. The zero-order valence-corrected chi connectivity index (χ0v) is 17.3. The first kappa shape index (κ1) is 19.9. The van der Waals surface area contributed by atoms with E-state index in [1.807, 2.05) is 25.1 Å². The molecule has 1 N–H and O–H groups in total. The van der Waals surface area contributed by atoms with E-state index >= 15 is 0 Å². The monoisotopic (exact) mass is 393 g/mol. The number of aromatic nitrogens is 2. The van der Waals surface area contributed by atoms with Crippen LogP contribution in [-0.2, 0) is 29.6 Å². The Morgan fingerprint density at radius 3 is 2.59 bits per heavy atom. The summed E-state index contributed by atoms with van der Waals surface area (Å²) in [6.07, 6.45) is 9.24. The fourth-order valence-corrected chi connectivity index (χ4v) is 4.96. The molecule has 0 bridgehead atoms. The number of carbonyl (C=O) groups is 1. The average molecular weight is 394 g/mol. The molecule has 2 aliphatic rings. The summed E-state index contributed by atoms with van der Waals surface area (Å²) in [6, 6.07) is 11.8. The Balaban J connectivity index is 1.51. The molecule has 0 saturated heterocycles. The van der Waals surface area contributed by atoms with Crippen LogP contribution in [0, 0.1) is 0 Å². The van der Waals surface area contributed by atoms with Gasteiger partial charge in [0.05, 0.1) is 17.7 Å². The van der Waals surface area contributed by atoms with Crippen molar-refractivity contribution in [2.75, 3.05) is 0 Å². The van der Waals surface area contributed by atoms with Crippen molar-refractivity contribution in [2.45, 2.75) is 82.7 Å². The van der Waals surface area contributed by atoms with Crippen LogP contribution in [0.15, 0.2) is 41.2 Å². The molecule has 5 heteroatoms. The zero-order valence-electron chi connectivity index (χ0n) is 17.3. The first-order valence-electron chi connectivity index (χ1n) is 11.0. The zero-order chi connectivity index (χ0) is 20.3. The van der Waals surface area contributed by atoms with Gasteiger partial charge in [0, 0.05) is 12.1 Å². The number of hydrogen-bond donors (Lipinski definition) is 1. The second-order valence-corrected chi connectivity index (χ2v) is 8.73. The Bertz CT molecular complexity index is 913. The van der Waals surface area contributed by atoms with E-state index in [0.29, 0.717) is 6.54 Å². The minimum Gasteiger partial charge on any atom is -0.351 e. The molecule has 1 heterocycles. The summed E-state index contributed by atoms with van der Waals surface area (Å²) >= 11 is 0. The molecule has 1 aromatic carbocycles. The second-order valence-electron chi connectivity index (χ2n) is 8.73. The molecule has 154 valence electrons. The number of benzene rings is 1. The number of hydrogen-bond acceptors (Lipinski definition) is 3. The minimum absolute atomic E-state index is 0.0674. The van der Waals surface area contributed by atoms with Gasteiger partial charge >= 0.3 is 0 Å². The van der Waals surface area contributed by atoms with Gasteiger partial charge < -0.3 is 5.32 Å². The fraction of sp³-hybridized carbons (Fsp3) is 0.542. The van der Waals surface area contributed by atoms with Crippen LogP contribution in [-0.4, -0.2) is 21.7 Å². The van der Waals surface area contributed by atoms with E-state index < -0.39 is 5.41 Å². The molecule has 1 fully saturated rings. The van der Waals surface area contributed by atoms with Crippen molar-refractivity contribution in [3.05, 3.63) is 63.6 Å². The third-order valence-electron chi connectivity index (χ3n) is 6.57. The Morgan fingerprint density at radius 2 is 1.83 bits per heavy atom. The lowest BCUT2D eigenvalue weighted by Crippen LogP contribution is -2.50. The number of nitrogens with zero attached hydrogens (tertiary/aromatic N) is 2. The van der Waals surface area contributed by atoms with Gasteiger partial charge in [0.15, 0.2) is 0 Å². The lowest BCUT2D eigenvalue weighted by molar-refractivity contribution is -0.128. The number of amides is 1. The lowest BCUT2D eigenvalue weighted by Gasteiger charge is -2.37. The maximum atomic E-state index is 13.4. The van der Waals surface area contributed by atoms with E-state index in [-0.39, 0.29) is 17.5 Å². The van der Waals surface area contributed by atoms with Gasteiger partial charge in [-0.1, -0.05) is 49.6 Å². The molecule has 4 rings (SSSR count). The summed E-state index contributed by atoms with van der Waals surface area (Å²) in [5, 5.41) is 7.81. The molecule has 1 amide bonds. The topological polar surface area (TPSA) is 64.0 Å². The van der Waals surface area contributed by atoms with Crippen molar-refractivity contribution in [3.63, 3.8) is 0 Å². The highest BCUT2D eigenvalue weighted by Gasteiger charge is 2.41. The summed E-state index contributed by atoms with van der Waals surface area (Å²) in [7, 11) is 0. The van der Waals surface area contributed by atoms with Crippen LogP contribution in [0.25, 0.3) is 0 Å². The van der Waals surface area contributed by atoms with Gasteiger partial charge in [0.25, 0.3) is 5.56 Å². The highest BCUT2D eigenvalue weighted by Crippen LogP contribution is 2.39. The Labute approximate surface area is 172 Å². The highest BCUT2D eigenvalue weighted by atomic mass is 16.2. The van der Waals surface area contributed by atoms with Crippen LogP contribution in [0.3, 0.4) is 0 Å². The Kier molecular flexibility index (Phi) is 5.84. The maximum Gasteiger partial charge on any atom is 0.267 e. The summed E-state index contributed by atoms with van der Waals surface area (Å²) in [5.41, 5.74) is 2.72. The molecule has 0 aliphatic heterocycles. The molecule has 29 heavy (non-hydrogen) atoms. The lowest BCUT2D eigenvalue weighted by atomic mass is 9.68. The molecular weight excluding hydrogens is 362 g/mol. The van der Waals surface area contributed by atoms with E-state index in [1.165, 1.54) is 11.1 Å². The predicted molar refractivity (Wildman–Crippen MR) is 114 cm³/mol. The molecule has 0 unspecified atom stereocenters. The molecule has 5 nitrogen and oxygen atoms in total. The molecule has 1 saturated carbocycles. The average Bonchev–Trinajstić information content (AvgIpc) is 2.75. The number of carbonyl (C=O) groups excluding carboxylic acids is 1. The molecule has 0 spiro atoms. The normalized spacial score (nSPS) is 19.2. The maximum absolute atomic E-state index is 13.4. The minimum atomic E-state index is -0.456. The van der Waals surface area contributed by atoms with Gasteiger partial charge in [-0.25, -0.2) is 4.68 Å². The molecular formula is C24H31N3O2. The van der Waals surface area contributed by atoms with Gasteiger partial charge in [0.2, 0.25) is 5.91 Å². The third kappa shape index (κ3) is 4.14. The second kappa shape index (κ2) is 8.52. The van der Waals surface area contributed by atoms with Crippen molar-refractivity contribution >= 4 is 5.91 Å². The third-order valence-corrected chi connectivity index (χ3v) is 6.57.